The molecule has 2 aromatic rings. The second-order valence-corrected chi connectivity index (χ2v) is 6.84. The Morgan fingerprint density at radius 2 is 1.75 bits per heavy atom. The minimum Gasteiger partial charge on any atom is -0.496 e. The third-order valence-electron chi connectivity index (χ3n) is 3.29. The van der Waals surface area contributed by atoms with E-state index < -0.39 is 5.54 Å². The van der Waals surface area contributed by atoms with Crippen LogP contribution in [-0.2, 0) is 12.0 Å². The number of benzene rings is 2. The fourth-order valence-electron chi connectivity index (χ4n) is 2.18. The molecular formula is C16H17Br2NO. The van der Waals surface area contributed by atoms with Gasteiger partial charge in [-0.3, -0.25) is 0 Å². The van der Waals surface area contributed by atoms with Crippen molar-refractivity contribution in [1.82, 2.24) is 0 Å². The molecule has 4 heteroatoms. The van der Waals surface area contributed by atoms with E-state index in [0.29, 0.717) is 0 Å². The molecule has 2 rings (SSSR count). The molecule has 2 nitrogen and oxygen atoms in total. The number of nitrogens with two attached hydrogens (primary N) is 1. The van der Waals surface area contributed by atoms with Gasteiger partial charge < -0.3 is 10.5 Å². The minimum absolute atomic E-state index is 0.408. The van der Waals surface area contributed by atoms with Crippen LogP contribution in [0.25, 0.3) is 0 Å². The van der Waals surface area contributed by atoms with Crippen LogP contribution in [0.3, 0.4) is 0 Å². The topological polar surface area (TPSA) is 35.2 Å². The smallest absolute Gasteiger partial charge is 0.133 e. The number of rotatable bonds is 4. The van der Waals surface area contributed by atoms with Crippen LogP contribution in [0, 0.1) is 0 Å². The van der Waals surface area contributed by atoms with Crippen molar-refractivity contribution in [3.63, 3.8) is 0 Å². The molecule has 0 radical (unpaired) electrons. The summed E-state index contributed by atoms with van der Waals surface area (Å²) in [5, 5.41) is 0. The lowest BCUT2D eigenvalue weighted by Crippen LogP contribution is -2.35. The van der Waals surface area contributed by atoms with Crippen molar-refractivity contribution < 1.29 is 4.74 Å². The lowest BCUT2D eigenvalue weighted by Gasteiger charge is -2.26. The average Bonchev–Trinajstić information content (AvgIpc) is 2.39. The standard InChI is InChI=1S/C16H17Br2NO/c1-16(19,12-4-6-13(17)7-5-12)10-11-3-8-15(20-2)14(18)9-11/h3-9H,10,19H2,1-2H3. The van der Waals surface area contributed by atoms with Crippen LogP contribution < -0.4 is 10.5 Å². The normalized spacial score (nSPS) is 13.8. The largest absolute Gasteiger partial charge is 0.496 e. The second-order valence-electron chi connectivity index (χ2n) is 5.07. The Balaban J connectivity index is 2.23. The Hall–Kier alpha value is -0.840. The highest BCUT2D eigenvalue weighted by atomic mass is 79.9. The molecule has 0 bridgehead atoms. The quantitative estimate of drug-likeness (QED) is 0.814. The molecule has 0 aliphatic carbocycles. The fourth-order valence-corrected chi connectivity index (χ4v) is 3.03. The highest BCUT2D eigenvalue weighted by molar-refractivity contribution is 9.10. The number of ether oxygens (including phenoxy) is 1. The first kappa shape index (κ1) is 15.5. The van der Waals surface area contributed by atoms with Crippen LogP contribution in [-0.4, -0.2) is 7.11 Å². The summed E-state index contributed by atoms with van der Waals surface area (Å²) in [6, 6.07) is 14.2. The molecule has 0 spiro atoms. The Bertz CT molecular complexity index is 594. The second kappa shape index (κ2) is 6.29. The first-order chi connectivity index (χ1) is 9.42. The van der Waals surface area contributed by atoms with Crippen LogP contribution in [0.4, 0.5) is 0 Å². The molecule has 1 atom stereocenters. The predicted octanol–water partition coefficient (Wildman–Crippen LogP) is 4.64. The number of hydrogen-bond donors (Lipinski definition) is 1. The number of hydrogen-bond acceptors (Lipinski definition) is 2. The maximum Gasteiger partial charge on any atom is 0.133 e. The Morgan fingerprint density at radius 1 is 1.10 bits per heavy atom. The van der Waals surface area contributed by atoms with Gasteiger partial charge >= 0.3 is 0 Å². The van der Waals surface area contributed by atoms with Crippen molar-refractivity contribution in [2.75, 3.05) is 7.11 Å². The van der Waals surface area contributed by atoms with Gasteiger partial charge in [0.2, 0.25) is 0 Å². The van der Waals surface area contributed by atoms with Gasteiger partial charge in [0, 0.05) is 10.0 Å². The summed E-state index contributed by atoms with van der Waals surface area (Å²) < 4.78 is 7.25. The SMILES string of the molecule is COc1ccc(CC(C)(N)c2ccc(Br)cc2)cc1Br. The van der Waals surface area contributed by atoms with E-state index in [1.165, 1.54) is 5.56 Å². The van der Waals surface area contributed by atoms with Gasteiger partial charge in [0.25, 0.3) is 0 Å². The zero-order valence-electron chi connectivity index (χ0n) is 11.5. The van der Waals surface area contributed by atoms with Gasteiger partial charge in [0.15, 0.2) is 0 Å². The molecule has 0 fully saturated rings. The van der Waals surface area contributed by atoms with Crippen molar-refractivity contribution in [3.05, 3.63) is 62.5 Å². The van der Waals surface area contributed by atoms with Gasteiger partial charge in [-0.1, -0.05) is 34.1 Å². The van der Waals surface area contributed by atoms with Crippen LogP contribution >= 0.6 is 31.9 Å². The van der Waals surface area contributed by atoms with E-state index in [0.717, 1.165) is 26.7 Å². The molecule has 0 heterocycles. The lowest BCUT2D eigenvalue weighted by atomic mass is 9.87. The van der Waals surface area contributed by atoms with E-state index in [1.54, 1.807) is 7.11 Å². The molecule has 20 heavy (non-hydrogen) atoms. The van der Waals surface area contributed by atoms with Gasteiger partial charge in [-0.25, -0.2) is 0 Å². The van der Waals surface area contributed by atoms with Crippen LogP contribution in [0.15, 0.2) is 51.4 Å². The lowest BCUT2D eigenvalue weighted by molar-refractivity contribution is 0.411. The van der Waals surface area contributed by atoms with Crippen molar-refractivity contribution in [2.45, 2.75) is 18.9 Å². The minimum atomic E-state index is -0.408. The van der Waals surface area contributed by atoms with Crippen molar-refractivity contribution in [2.24, 2.45) is 5.73 Å². The predicted molar refractivity (Wildman–Crippen MR) is 90.1 cm³/mol. The van der Waals surface area contributed by atoms with Crippen molar-refractivity contribution in [1.29, 1.82) is 0 Å². The van der Waals surface area contributed by atoms with E-state index in [9.17, 15) is 0 Å². The Labute approximate surface area is 136 Å². The van der Waals surface area contributed by atoms with Gasteiger partial charge in [0.05, 0.1) is 11.6 Å². The van der Waals surface area contributed by atoms with Crippen molar-refractivity contribution in [3.8, 4) is 5.75 Å². The summed E-state index contributed by atoms with van der Waals surface area (Å²) in [5.74, 6) is 0.830. The fraction of sp³-hybridized carbons (Fsp3) is 0.250. The van der Waals surface area contributed by atoms with E-state index >= 15 is 0 Å². The maximum absolute atomic E-state index is 6.48. The molecule has 0 aromatic heterocycles. The molecule has 0 aliphatic heterocycles. The van der Waals surface area contributed by atoms with Crippen LogP contribution in [0.5, 0.6) is 5.75 Å². The molecule has 0 aliphatic rings. The summed E-state index contributed by atoms with van der Waals surface area (Å²) in [6.45, 7) is 2.05. The summed E-state index contributed by atoms with van der Waals surface area (Å²) in [4.78, 5) is 0. The molecular weight excluding hydrogens is 382 g/mol. The van der Waals surface area contributed by atoms with E-state index in [-0.39, 0.29) is 0 Å². The summed E-state index contributed by atoms with van der Waals surface area (Å²) in [5.41, 5.74) is 8.36. The highest BCUT2D eigenvalue weighted by Crippen LogP contribution is 2.29. The van der Waals surface area contributed by atoms with Gasteiger partial charge in [0.1, 0.15) is 5.75 Å². The monoisotopic (exact) mass is 397 g/mol. The molecule has 2 N–H and O–H groups in total. The molecule has 106 valence electrons. The maximum atomic E-state index is 6.48. The van der Waals surface area contributed by atoms with Gasteiger partial charge in [-0.05, 0) is 64.7 Å². The zero-order valence-corrected chi connectivity index (χ0v) is 14.7. The molecule has 2 aromatic carbocycles. The molecule has 0 saturated heterocycles. The summed E-state index contributed by atoms with van der Waals surface area (Å²) in [6.07, 6.45) is 0.761. The third-order valence-corrected chi connectivity index (χ3v) is 4.44. The first-order valence-electron chi connectivity index (χ1n) is 6.30. The van der Waals surface area contributed by atoms with Gasteiger partial charge in [-0.2, -0.15) is 0 Å². The average molecular weight is 399 g/mol. The summed E-state index contributed by atoms with van der Waals surface area (Å²) >= 11 is 6.95. The molecule has 0 amide bonds. The highest BCUT2D eigenvalue weighted by Gasteiger charge is 2.22. The van der Waals surface area contributed by atoms with E-state index in [4.69, 9.17) is 10.5 Å². The van der Waals surface area contributed by atoms with E-state index in [1.807, 2.05) is 31.2 Å². The Morgan fingerprint density at radius 3 is 2.30 bits per heavy atom. The zero-order chi connectivity index (χ0) is 14.8. The van der Waals surface area contributed by atoms with Crippen molar-refractivity contribution >= 4 is 31.9 Å². The molecule has 0 saturated carbocycles. The summed E-state index contributed by atoms with van der Waals surface area (Å²) in [7, 11) is 1.66. The molecule has 1 unspecified atom stereocenters. The number of methoxy groups -OCH3 is 1. The number of halogens is 2. The van der Waals surface area contributed by atoms with E-state index in [2.05, 4.69) is 50.1 Å². The van der Waals surface area contributed by atoms with Gasteiger partial charge in [-0.15, -0.1) is 0 Å². The first-order valence-corrected chi connectivity index (χ1v) is 7.88. The Kier molecular flexibility index (Phi) is 4.89. The van der Waals surface area contributed by atoms with Crippen LogP contribution in [0.1, 0.15) is 18.1 Å². The third kappa shape index (κ3) is 3.62. The van der Waals surface area contributed by atoms with Crippen LogP contribution in [0.2, 0.25) is 0 Å².